The number of hydrogen-bond acceptors (Lipinski definition) is 6. The van der Waals surface area contributed by atoms with Gasteiger partial charge in [0, 0.05) is 12.6 Å². The molecule has 2 aromatic carbocycles. The summed E-state index contributed by atoms with van der Waals surface area (Å²) in [6.45, 7) is 0.0240. The predicted octanol–water partition coefficient (Wildman–Crippen LogP) is 1.98. The van der Waals surface area contributed by atoms with E-state index in [0.29, 0.717) is 11.1 Å². The third-order valence-corrected chi connectivity index (χ3v) is 3.68. The maximum atomic E-state index is 11.9. The van der Waals surface area contributed by atoms with Gasteiger partial charge in [0.1, 0.15) is 5.75 Å². The fourth-order valence-corrected chi connectivity index (χ4v) is 2.25. The topological polar surface area (TPSA) is 108 Å². The van der Waals surface area contributed by atoms with Crippen molar-refractivity contribution in [2.24, 2.45) is 0 Å². The second kappa shape index (κ2) is 8.77. The molecule has 26 heavy (non-hydrogen) atoms. The van der Waals surface area contributed by atoms with E-state index < -0.39 is 12.0 Å². The average Bonchev–Trinajstić information content (AvgIpc) is 2.65. The van der Waals surface area contributed by atoms with E-state index in [1.165, 1.54) is 38.5 Å². The lowest BCUT2D eigenvalue weighted by molar-refractivity contribution is -0.116. The van der Waals surface area contributed by atoms with Crippen LogP contribution in [0.25, 0.3) is 6.08 Å². The Morgan fingerprint density at radius 3 is 2.23 bits per heavy atom. The number of amides is 1. The number of phenols is 2. The molecule has 2 rings (SSSR count). The van der Waals surface area contributed by atoms with E-state index in [1.807, 2.05) is 0 Å². The van der Waals surface area contributed by atoms with Crippen LogP contribution in [0.1, 0.15) is 17.2 Å². The van der Waals surface area contributed by atoms with Gasteiger partial charge in [-0.15, -0.1) is 0 Å². The number of rotatable bonds is 7. The van der Waals surface area contributed by atoms with Gasteiger partial charge in [0.25, 0.3) is 0 Å². The van der Waals surface area contributed by atoms with Gasteiger partial charge in [-0.25, -0.2) is 0 Å². The summed E-state index contributed by atoms with van der Waals surface area (Å²) in [7, 11) is 2.83. The van der Waals surface area contributed by atoms with Crippen molar-refractivity contribution >= 4 is 12.0 Å². The summed E-state index contributed by atoms with van der Waals surface area (Å²) in [4.78, 5) is 11.9. The number of carbonyl (C=O) groups is 1. The molecule has 0 radical (unpaired) electrons. The van der Waals surface area contributed by atoms with Crippen LogP contribution in [0.5, 0.6) is 23.0 Å². The number of phenolic OH excluding ortho intramolecular Hbond substituents is 2. The Balaban J connectivity index is 1.98. The highest BCUT2D eigenvalue weighted by molar-refractivity contribution is 5.91. The van der Waals surface area contributed by atoms with Crippen LogP contribution in [-0.2, 0) is 4.79 Å². The number of aromatic hydroxyl groups is 2. The second-order valence-electron chi connectivity index (χ2n) is 5.46. The number of hydrogen-bond donors (Lipinski definition) is 4. The van der Waals surface area contributed by atoms with Crippen LogP contribution in [-0.4, -0.2) is 42.0 Å². The summed E-state index contributed by atoms with van der Waals surface area (Å²) in [6.07, 6.45) is 1.95. The van der Waals surface area contributed by atoms with Gasteiger partial charge in [0.05, 0.1) is 20.3 Å². The zero-order valence-electron chi connectivity index (χ0n) is 14.5. The molecule has 0 aliphatic heterocycles. The van der Waals surface area contributed by atoms with Crippen molar-refractivity contribution in [1.82, 2.24) is 5.32 Å². The smallest absolute Gasteiger partial charge is 0.244 e. The van der Waals surface area contributed by atoms with Crippen molar-refractivity contribution in [3.63, 3.8) is 0 Å². The first-order chi connectivity index (χ1) is 12.4. The molecule has 0 unspecified atom stereocenters. The Morgan fingerprint density at radius 2 is 1.69 bits per heavy atom. The molecule has 7 heteroatoms. The third-order valence-electron chi connectivity index (χ3n) is 3.68. The molecule has 0 spiro atoms. The van der Waals surface area contributed by atoms with Gasteiger partial charge in [-0.1, -0.05) is 12.1 Å². The summed E-state index contributed by atoms with van der Waals surface area (Å²) in [6, 6.07) is 9.21. The van der Waals surface area contributed by atoms with Crippen LogP contribution in [0, 0.1) is 0 Å². The number of nitrogens with one attached hydrogen (secondary N) is 1. The highest BCUT2D eigenvalue weighted by Crippen LogP contribution is 2.37. The normalized spacial score (nSPS) is 12.0. The summed E-state index contributed by atoms with van der Waals surface area (Å²) in [5, 5.41) is 31.7. The van der Waals surface area contributed by atoms with Crippen molar-refractivity contribution in [2.45, 2.75) is 6.10 Å². The molecule has 7 nitrogen and oxygen atoms in total. The van der Waals surface area contributed by atoms with Crippen LogP contribution in [0.4, 0.5) is 0 Å². The number of benzene rings is 2. The third kappa shape index (κ3) is 4.90. The minimum Gasteiger partial charge on any atom is -0.508 e. The Labute approximate surface area is 151 Å². The van der Waals surface area contributed by atoms with E-state index >= 15 is 0 Å². The average molecular weight is 359 g/mol. The largest absolute Gasteiger partial charge is 0.508 e. The highest BCUT2D eigenvalue weighted by atomic mass is 16.5. The first-order valence-electron chi connectivity index (χ1n) is 7.82. The fraction of sp³-hybridized carbons (Fsp3) is 0.211. The van der Waals surface area contributed by atoms with E-state index in [9.17, 15) is 20.1 Å². The van der Waals surface area contributed by atoms with Crippen molar-refractivity contribution in [1.29, 1.82) is 0 Å². The lowest BCUT2D eigenvalue weighted by atomic mass is 10.1. The van der Waals surface area contributed by atoms with Gasteiger partial charge in [-0.2, -0.15) is 0 Å². The monoisotopic (exact) mass is 359 g/mol. The highest BCUT2D eigenvalue weighted by Gasteiger charge is 2.11. The van der Waals surface area contributed by atoms with E-state index in [2.05, 4.69) is 5.32 Å². The molecular formula is C19H21NO6. The molecule has 1 atom stereocenters. The zero-order valence-corrected chi connectivity index (χ0v) is 14.5. The lowest BCUT2D eigenvalue weighted by Gasteiger charge is -2.11. The molecule has 0 bridgehead atoms. The SMILES string of the molecule is COc1cc(/C=C/C(=O)NC[C@H](O)c2ccc(O)cc2)cc(OC)c1O. The minimum absolute atomic E-state index is 0.0240. The molecule has 0 saturated heterocycles. The zero-order chi connectivity index (χ0) is 19.1. The summed E-state index contributed by atoms with van der Waals surface area (Å²) >= 11 is 0. The van der Waals surface area contributed by atoms with Crippen LogP contribution in [0.3, 0.4) is 0 Å². The van der Waals surface area contributed by atoms with Crippen LogP contribution in [0.15, 0.2) is 42.5 Å². The van der Waals surface area contributed by atoms with E-state index in [1.54, 1.807) is 24.3 Å². The van der Waals surface area contributed by atoms with Crippen molar-refractivity contribution in [2.75, 3.05) is 20.8 Å². The molecule has 0 saturated carbocycles. The van der Waals surface area contributed by atoms with Gasteiger partial charge in [0.15, 0.2) is 11.5 Å². The maximum Gasteiger partial charge on any atom is 0.244 e. The number of ether oxygens (including phenoxy) is 2. The molecule has 138 valence electrons. The van der Waals surface area contributed by atoms with E-state index in [0.717, 1.165) is 0 Å². The Bertz CT molecular complexity index is 760. The van der Waals surface area contributed by atoms with Crippen molar-refractivity contribution < 1.29 is 29.6 Å². The molecule has 0 fully saturated rings. The van der Waals surface area contributed by atoms with Gasteiger partial charge >= 0.3 is 0 Å². The molecular weight excluding hydrogens is 338 g/mol. The van der Waals surface area contributed by atoms with Crippen LogP contribution < -0.4 is 14.8 Å². The summed E-state index contributed by atoms with van der Waals surface area (Å²) in [5.74, 6) is 0.0504. The molecule has 4 N–H and O–H groups in total. The minimum atomic E-state index is -0.887. The van der Waals surface area contributed by atoms with Gasteiger partial charge < -0.3 is 30.1 Å². The van der Waals surface area contributed by atoms with Crippen LogP contribution in [0.2, 0.25) is 0 Å². The standard InChI is InChI=1S/C19H21NO6/c1-25-16-9-12(10-17(26-2)19(16)24)3-8-18(23)20-11-15(22)13-4-6-14(21)7-5-13/h3-10,15,21-22,24H,11H2,1-2H3,(H,20,23)/b8-3+/t15-/m0/s1. The number of aliphatic hydroxyl groups is 1. The number of aliphatic hydroxyl groups excluding tert-OH is 1. The number of carbonyl (C=O) groups excluding carboxylic acids is 1. The van der Waals surface area contributed by atoms with Crippen molar-refractivity contribution in [3.05, 3.63) is 53.6 Å². The van der Waals surface area contributed by atoms with Gasteiger partial charge in [0.2, 0.25) is 11.7 Å². The second-order valence-corrected chi connectivity index (χ2v) is 5.46. The van der Waals surface area contributed by atoms with E-state index in [4.69, 9.17) is 9.47 Å². The van der Waals surface area contributed by atoms with Crippen LogP contribution >= 0.6 is 0 Å². The number of methoxy groups -OCH3 is 2. The molecule has 0 aromatic heterocycles. The first-order valence-corrected chi connectivity index (χ1v) is 7.82. The molecule has 0 aliphatic carbocycles. The molecule has 1 amide bonds. The molecule has 0 aliphatic rings. The Kier molecular flexibility index (Phi) is 6.46. The first kappa shape index (κ1) is 19.1. The van der Waals surface area contributed by atoms with Gasteiger partial charge in [-0.05, 0) is 41.5 Å². The van der Waals surface area contributed by atoms with E-state index in [-0.39, 0.29) is 29.5 Å². The molecule has 2 aromatic rings. The fourth-order valence-electron chi connectivity index (χ4n) is 2.25. The quantitative estimate of drug-likeness (QED) is 0.563. The molecule has 0 heterocycles. The summed E-state index contributed by atoms with van der Waals surface area (Å²) in [5.41, 5.74) is 1.19. The Hall–Kier alpha value is -3.19. The van der Waals surface area contributed by atoms with Crippen molar-refractivity contribution in [3.8, 4) is 23.0 Å². The summed E-state index contributed by atoms with van der Waals surface area (Å²) < 4.78 is 10.1. The van der Waals surface area contributed by atoms with Gasteiger partial charge in [-0.3, -0.25) is 4.79 Å². The maximum absolute atomic E-state index is 11.9. The Morgan fingerprint density at radius 1 is 1.12 bits per heavy atom. The predicted molar refractivity (Wildman–Crippen MR) is 96.3 cm³/mol. The lowest BCUT2D eigenvalue weighted by Crippen LogP contribution is -2.26.